The Labute approximate surface area is 154 Å². The minimum absolute atomic E-state index is 0.177. The molecule has 7 heteroatoms. The van der Waals surface area contributed by atoms with Gasteiger partial charge in [0.1, 0.15) is 17.5 Å². The maximum absolute atomic E-state index is 10.8. The second kappa shape index (κ2) is 7.47. The van der Waals surface area contributed by atoms with Crippen molar-refractivity contribution in [2.75, 3.05) is 0 Å². The molecule has 0 saturated carbocycles. The maximum atomic E-state index is 10.8. The molecule has 0 spiro atoms. The van der Waals surface area contributed by atoms with Crippen molar-refractivity contribution in [3.8, 4) is 17.2 Å². The van der Waals surface area contributed by atoms with Crippen molar-refractivity contribution in [1.29, 1.82) is 0 Å². The summed E-state index contributed by atoms with van der Waals surface area (Å²) in [5.74, 6) is 0.334. The molecule has 0 aromatic heterocycles. The van der Waals surface area contributed by atoms with E-state index in [2.05, 4.69) is 50.9 Å². The molecule has 2 aromatic carbocycles. The standard InChI is InChI=1S/C15H13I2NO4/c16-11-5-8(7-13(18)15(20)21)6-12(17)14(11)22-10-3-1-9(19)2-4-10/h1-6,13,19H,7,18H2,(H,20,21)/t13-/m0/s1. The fourth-order valence-corrected chi connectivity index (χ4v) is 3.94. The van der Waals surface area contributed by atoms with E-state index in [1.165, 1.54) is 0 Å². The number of phenols is 1. The second-order valence-corrected chi connectivity index (χ2v) is 7.03. The number of carbonyl (C=O) groups is 1. The Hall–Kier alpha value is -1.07. The third-order valence-corrected chi connectivity index (χ3v) is 4.53. The van der Waals surface area contributed by atoms with Gasteiger partial charge in [-0.2, -0.15) is 0 Å². The zero-order valence-electron chi connectivity index (χ0n) is 11.4. The SMILES string of the molecule is [NH3+][C@@H](Cc1cc(I)c(Oc2ccc(O)cc2)c(I)c1)C(=O)[O-]. The molecule has 0 aliphatic carbocycles. The predicted octanol–water partition coefficient (Wildman–Crippen LogP) is 1.30. The normalized spacial score (nSPS) is 12.0. The molecule has 0 amide bonds. The molecular formula is C15H13I2NO4. The molecule has 5 nitrogen and oxygen atoms in total. The number of benzene rings is 2. The van der Waals surface area contributed by atoms with Gasteiger partial charge < -0.3 is 25.5 Å². The van der Waals surface area contributed by atoms with Crippen LogP contribution in [0.2, 0.25) is 0 Å². The Morgan fingerprint density at radius 3 is 2.27 bits per heavy atom. The molecule has 2 rings (SSSR count). The molecule has 2 aromatic rings. The van der Waals surface area contributed by atoms with Crippen molar-refractivity contribution in [2.24, 2.45) is 0 Å². The number of phenolic OH excluding ortho intramolecular Hbond substituents is 1. The van der Waals surface area contributed by atoms with Gasteiger partial charge in [-0.1, -0.05) is 0 Å². The maximum Gasteiger partial charge on any atom is 0.154 e. The van der Waals surface area contributed by atoms with E-state index >= 15 is 0 Å². The number of halogens is 2. The van der Waals surface area contributed by atoms with Crippen LogP contribution in [-0.4, -0.2) is 17.1 Å². The molecule has 1 atom stereocenters. The van der Waals surface area contributed by atoms with Gasteiger partial charge in [-0.15, -0.1) is 0 Å². The van der Waals surface area contributed by atoms with Gasteiger partial charge in [0, 0.05) is 6.42 Å². The van der Waals surface area contributed by atoms with Crippen molar-refractivity contribution in [2.45, 2.75) is 12.5 Å². The Morgan fingerprint density at radius 1 is 1.23 bits per heavy atom. The smallest absolute Gasteiger partial charge is 0.154 e. The number of rotatable bonds is 5. The molecule has 22 heavy (non-hydrogen) atoms. The number of carbonyl (C=O) groups excluding carboxylic acids is 1. The van der Waals surface area contributed by atoms with Gasteiger partial charge in [0.25, 0.3) is 0 Å². The highest BCUT2D eigenvalue weighted by molar-refractivity contribution is 14.1. The van der Waals surface area contributed by atoms with Crippen molar-refractivity contribution >= 4 is 51.2 Å². The first-order chi connectivity index (χ1) is 10.4. The van der Waals surface area contributed by atoms with Crippen LogP contribution in [-0.2, 0) is 11.2 Å². The minimum atomic E-state index is -1.16. The summed E-state index contributed by atoms with van der Waals surface area (Å²) in [6, 6.07) is 9.43. The van der Waals surface area contributed by atoms with E-state index in [1.807, 2.05) is 12.1 Å². The average molecular weight is 525 g/mol. The number of carboxylic acids is 1. The van der Waals surface area contributed by atoms with E-state index in [0.717, 1.165) is 12.7 Å². The highest BCUT2D eigenvalue weighted by atomic mass is 127. The van der Waals surface area contributed by atoms with E-state index in [-0.39, 0.29) is 5.75 Å². The van der Waals surface area contributed by atoms with Gasteiger partial charge in [-0.25, -0.2) is 0 Å². The number of aromatic hydroxyl groups is 1. The molecule has 4 N–H and O–H groups in total. The summed E-state index contributed by atoms with van der Waals surface area (Å²) in [4.78, 5) is 10.8. The first-order valence-electron chi connectivity index (χ1n) is 6.35. The number of aliphatic carboxylic acids is 1. The minimum Gasteiger partial charge on any atom is -0.544 e. The molecule has 0 unspecified atom stereocenters. The van der Waals surface area contributed by atoms with Crippen molar-refractivity contribution in [3.63, 3.8) is 0 Å². The van der Waals surface area contributed by atoms with Crippen LogP contribution < -0.4 is 15.6 Å². The van der Waals surface area contributed by atoms with Crippen LogP contribution in [0.1, 0.15) is 5.56 Å². The fraction of sp³-hybridized carbons (Fsp3) is 0.133. The average Bonchev–Trinajstić information content (AvgIpc) is 2.44. The summed E-state index contributed by atoms with van der Waals surface area (Å²) < 4.78 is 7.58. The molecular weight excluding hydrogens is 512 g/mol. The molecule has 0 aliphatic rings. The monoisotopic (exact) mass is 525 g/mol. The van der Waals surface area contributed by atoms with Crippen LogP contribution in [0, 0.1) is 7.14 Å². The first kappa shape index (κ1) is 17.3. The zero-order valence-corrected chi connectivity index (χ0v) is 15.7. The molecule has 0 radical (unpaired) electrons. The lowest BCUT2D eigenvalue weighted by molar-refractivity contribution is -0.437. The van der Waals surface area contributed by atoms with Gasteiger partial charge in [-0.05, 0) is 87.1 Å². The Morgan fingerprint density at radius 2 is 1.77 bits per heavy atom. The quantitative estimate of drug-likeness (QED) is 0.576. The molecule has 0 saturated heterocycles. The van der Waals surface area contributed by atoms with Crippen molar-refractivity contribution < 1.29 is 25.5 Å². The summed E-state index contributed by atoms with van der Waals surface area (Å²) in [7, 11) is 0. The van der Waals surface area contributed by atoms with Gasteiger partial charge in [0.05, 0.1) is 13.1 Å². The third kappa shape index (κ3) is 4.46. The van der Waals surface area contributed by atoms with Crippen LogP contribution >= 0.6 is 45.2 Å². The molecule has 0 bridgehead atoms. The van der Waals surface area contributed by atoms with Crippen LogP contribution in [0.25, 0.3) is 0 Å². The lowest BCUT2D eigenvalue weighted by atomic mass is 10.1. The first-order valence-corrected chi connectivity index (χ1v) is 8.51. The predicted molar refractivity (Wildman–Crippen MR) is 95.4 cm³/mol. The van der Waals surface area contributed by atoms with Crippen LogP contribution in [0.15, 0.2) is 36.4 Å². The van der Waals surface area contributed by atoms with E-state index in [9.17, 15) is 15.0 Å². The summed E-state index contributed by atoms with van der Waals surface area (Å²) in [6.07, 6.45) is 0.313. The number of ether oxygens (including phenoxy) is 1. The number of hydrogen-bond acceptors (Lipinski definition) is 4. The summed E-state index contributed by atoms with van der Waals surface area (Å²) in [5.41, 5.74) is 4.44. The summed E-state index contributed by atoms with van der Waals surface area (Å²) >= 11 is 4.29. The highest BCUT2D eigenvalue weighted by Gasteiger charge is 2.14. The van der Waals surface area contributed by atoms with E-state index in [1.54, 1.807) is 24.3 Å². The lowest BCUT2D eigenvalue weighted by Gasteiger charge is -2.14. The Balaban J connectivity index is 2.23. The van der Waals surface area contributed by atoms with E-state index in [0.29, 0.717) is 17.9 Å². The van der Waals surface area contributed by atoms with Crippen LogP contribution in [0.3, 0.4) is 0 Å². The molecule has 116 valence electrons. The van der Waals surface area contributed by atoms with Crippen molar-refractivity contribution in [3.05, 3.63) is 49.1 Å². The zero-order chi connectivity index (χ0) is 16.3. The lowest BCUT2D eigenvalue weighted by Crippen LogP contribution is -2.69. The van der Waals surface area contributed by atoms with E-state index in [4.69, 9.17) is 4.74 Å². The Bertz CT molecular complexity index is 665. The van der Waals surface area contributed by atoms with Gasteiger partial charge in [-0.3, -0.25) is 0 Å². The molecule has 0 heterocycles. The number of carboxylic acid groups (broad SMARTS) is 1. The summed E-state index contributed by atoms with van der Waals surface area (Å²) in [5, 5.41) is 20.1. The molecule has 0 aliphatic heterocycles. The highest BCUT2D eigenvalue weighted by Crippen LogP contribution is 2.33. The van der Waals surface area contributed by atoms with Gasteiger partial charge in [0.15, 0.2) is 5.75 Å². The largest absolute Gasteiger partial charge is 0.544 e. The van der Waals surface area contributed by atoms with Crippen molar-refractivity contribution in [1.82, 2.24) is 0 Å². The fourth-order valence-electron chi connectivity index (χ4n) is 1.83. The van der Waals surface area contributed by atoms with Gasteiger partial charge in [0.2, 0.25) is 0 Å². The number of hydrogen-bond donors (Lipinski definition) is 2. The second-order valence-electron chi connectivity index (χ2n) is 4.70. The van der Waals surface area contributed by atoms with Crippen LogP contribution in [0.4, 0.5) is 0 Å². The molecule has 0 fully saturated rings. The number of quaternary nitrogens is 1. The summed E-state index contributed by atoms with van der Waals surface area (Å²) in [6.45, 7) is 0. The van der Waals surface area contributed by atoms with E-state index < -0.39 is 12.0 Å². The van der Waals surface area contributed by atoms with Gasteiger partial charge >= 0.3 is 0 Å². The van der Waals surface area contributed by atoms with Crippen LogP contribution in [0.5, 0.6) is 17.2 Å². The third-order valence-electron chi connectivity index (χ3n) is 2.93. The Kier molecular flexibility index (Phi) is 5.87. The topological polar surface area (TPSA) is 97.2 Å².